The van der Waals surface area contributed by atoms with E-state index in [-0.39, 0.29) is 11.4 Å². The van der Waals surface area contributed by atoms with Crippen LogP contribution < -0.4 is 17.0 Å². The van der Waals surface area contributed by atoms with E-state index in [1.807, 2.05) is 72.8 Å². The van der Waals surface area contributed by atoms with Gasteiger partial charge in [-0.3, -0.25) is 4.79 Å². The highest BCUT2D eigenvalue weighted by Gasteiger charge is 2.12. The molecule has 0 amide bonds. The summed E-state index contributed by atoms with van der Waals surface area (Å²) in [5.41, 5.74) is 16.5. The van der Waals surface area contributed by atoms with Gasteiger partial charge in [0.2, 0.25) is 0 Å². The molecule has 4 N–H and O–H groups in total. The van der Waals surface area contributed by atoms with Gasteiger partial charge in [0.1, 0.15) is 5.82 Å². The van der Waals surface area contributed by atoms with Crippen LogP contribution in [0.3, 0.4) is 0 Å². The average molecular weight is 455 g/mol. The lowest BCUT2D eigenvalue weighted by molar-refractivity contribution is 0.107. The number of rotatable bonds is 6. The van der Waals surface area contributed by atoms with Gasteiger partial charge in [0.15, 0.2) is 0 Å². The molecule has 5 rings (SSSR count). The van der Waals surface area contributed by atoms with Crippen molar-refractivity contribution in [2.75, 3.05) is 11.5 Å². The maximum absolute atomic E-state index is 13.1. The zero-order valence-corrected chi connectivity index (χ0v) is 18.6. The first-order chi connectivity index (χ1) is 16.1. The van der Waals surface area contributed by atoms with Gasteiger partial charge in [-0.1, -0.05) is 60.1 Å². The van der Waals surface area contributed by atoms with Crippen molar-refractivity contribution in [3.8, 4) is 16.9 Å². The van der Waals surface area contributed by atoms with Crippen molar-refractivity contribution < 1.29 is 4.74 Å². The molecule has 6 nitrogen and oxygen atoms in total. The van der Waals surface area contributed by atoms with Crippen molar-refractivity contribution in [3.63, 3.8) is 0 Å². The van der Waals surface area contributed by atoms with Crippen molar-refractivity contribution in [1.82, 2.24) is 8.94 Å². The van der Waals surface area contributed by atoms with Crippen LogP contribution in [-0.4, -0.2) is 8.94 Å². The Morgan fingerprint density at radius 2 is 1.58 bits per heavy atom. The molecule has 2 heterocycles. The van der Waals surface area contributed by atoms with Crippen LogP contribution in [0.15, 0.2) is 89.7 Å². The van der Waals surface area contributed by atoms with Crippen molar-refractivity contribution in [3.05, 3.63) is 106 Å². The highest BCUT2D eigenvalue weighted by molar-refractivity contribution is 7.14. The minimum atomic E-state index is -0.0617. The Morgan fingerprint density at radius 3 is 2.30 bits per heavy atom. The summed E-state index contributed by atoms with van der Waals surface area (Å²) in [4.78, 5) is 17.5. The largest absolute Gasteiger partial charge is 0.396 e. The van der Waals surface area contributed by atoms with E-state index in [9.17, 15) is 4.79 Å². The summed E-state index contributed by atoms with van der Waals surface area (Å²) in [5, 5.41) is 0.643. The summed E-state index contributed by atoms with van der Waals surface area (Å²) in [6.45, 7) is 1.08. The molecule has 0 saturated carbocycles. The van der Waals surface area contributed by atoms with E-state index in [2.05, 4.69) is 4.98 Å². The summed E-state index contributed by atoms with van der Waals surface area (Å²) < 4.78 is 8.41. The highest BCUT2D eigenvalue weighted by atomic mass is 32.1. The zero-order chi connectivity index (χ0) is 22.8. The smallest absolute Gasteiger partial charge is 0.273 e. The molecule has 5 aromatic rings. The number of pyridine rings is 1. The molecule has 33 heavy (non-hydrogen) atoms. The van der Waals surface area contributed by atoms with Gasteiger partial charge in [0, 0.05) is 5.56 Å². The topological polar surface area (TPSA) is 96.2 Å². The molecule has 0 aliphatic heterocycles. The van der Waals surface area contributed by atoms with Gasteiger partial charge in [-0.15, -0.1) is 0 Å². The number of aromatic nitrogens is 2. The third-order valence-electron chi connectivity index (χ3n) is 5.39. The van der Waals surface area contributed by atoms with E-state index in [1.165, 1.54) is 11.5 Å². The molecule has 2 aromatic heterocycles. The lowest BCUT2D eigenvalue weighted by Gasteiger charge is -2.06. The first-order valence-corrected chi connectivity index (χ1v) is 11.3. The molecule has 0 radical (unpaired) electrons. The Labute approximate surface area is 194 Å². The lowest BCUT2D eigenvalue weighted by atomic mass is 10.1. The van der Waals surface area contributed by atoms with E-state index in [1.54, 1.807) is 16.1 Å². The quantitative estimate of drug-likeness (QED) is 0.377. The van der Waals surface area contributed by atoms with Crippen LogP contribution in [0, 0.1) is 0 Å². The van der Waals surface area contributed by atoms with Crippen molar-refractivity contribution in [1.29, 1.82) is 0 Å². The molecule has 3 aromatic carbocycles. The van der Waals surface area contributed by atoms with Crippen molar-refractivity contribution in [2.45, 2.75) is 13.2 Å². The predicted molar refractivity (Wildman–Crippen MR) is 134 cm³/mol. The monoisotopic (exact) mass is 454 g/mol. The maximum Gasteiger partial charge on any atom is 0.273 e. The molecule has 0 fully saturated rings. The van der Waals surface area contributed by atoms with Crippen LogP contribution in [0.25, 0.3) is 27.0 Å². The normalized spacial score (nSPS) is 11.2. The maximum atomic E-state index is 13.1. The second-order valence-corrected chi connectivity index (χ2v) is 8.71. The molecule has 7 heteroatoms. The molecular formula is C26H22N4O2S. The Morgan fingerprint density at radius 1 is 0.848 bits per heavy atom. The number of fused-ring (bicyclic) bond motifs is 1. The van der Waals surface area contributed by atoms with Gasteiger partial charge in [-0.2, -0.15) is 0 Å². The Kier molecular flexibility index (Phi) is 5.64. The first-order valence-electron chi connectivity index (χ1n) is 10.5. The third kappa shape index (κ3) is 4.37. The average Bonchev–Trinajstić information content (AvgIpc) is 3.18. The number of ether oxygens (including phenoxy) is 1. The van der Waals surface area contributed by atoms with E-state index >= 15 is 0 Å². The van der Waals surface area contributed by atoms with Crippen molar-refractivity contribution >= 4 is 33.1 Å². The van der Waals surface area contributed by atoms with Crippen LogP contribution in [0.4, 0.5) is 11.5 Å². The number of nitrogen functional groups attached to an aromatic ring is 2. The van der Waals surface area contributed by atoms with Crippen LogP contribution in [0.2, 0.25) is 0 Å². The van der Waals surface area contributed by atoms with E-state index < -0.39 is 0 Å². The Bertz CT molecular complexity index is 1470. The lowest BCUT2D eigenvalue weighted by Crippen LogP contribution is -2.10. The van der Waals surface area contributed by atoms with Crippen LogP contribution >= 0.6 is 11.5 Å². The molecule has 0 unspecified atom stereocenters. The number of nitrogens with zero attached hydrogens (tertiary/aromatic N) is 2. The Balaban J connectivity index is 1.36. The van der Waals surface area contributed by atoms with E-state index in [4.69, 9.17) is 16.2 Å². The summed E-state index contributed by atoms with van der Waals surface area (Å²) in [7, 11) is 0. The fourth-order valence-electron chi connectivity index (χ4n) is 3.59. The fourth-order valence-corrected chi connectivity index (χ4v) is 4.57. The summed E-state index contributed by atoms with van der Waals surface area (Å²) in [6.07, 6.45) is 0. The van der Waals surface area contributed by atoms with Crippen molar-refractivity contribution in [2.24, 2.45) is 0 Å². The highest BCUT2D eigenvalue weighted by Crippen LogP contribution is 2.27. The van der Waals surface area contributed by atoms with Gasteiger partial charge in [0.25, 0.3) is 5.56 Å². The van der Waals surface area contributed by atoms with Crippen LogP contribution in [0.5, 0.6) is 0 Å². The van der Waals surface area contributed by atoms with E-state index in [0.717, 1.165) is 27.1 Å². The number of hydrogen-bond acceptors (Lipinski definition) is 6. The third-order valence-corrected chi connectivity index (χ3v) is 6.50. The minimum Gasteiger partial charge on any atom is -0.396 e. The number of anilines is 2. The Hall–Kier alpha value is -3.94. The zero-order valence-electron chi connectivity index (χ0n) is 17.8. The summed E-state index contributed by atoms with van der Waals surface area (Å²) >= 11 is 1.42. The first kappa shape index (κ1) is 20.9. The molecule has 0 bridgehead atoms. The van der Waals surface area contributed by atoms with Gasteiger partial charge in [-0.25, -0.2) is 8.94 Å². The van der Waals surface area contributed by atoms with E-state index in [0.29, 0.717) is 30.0 Å². The SMILES string of the molecule is Nc1ccc(-c2ccc3sn(-c4ccc(COCc5ccccc5)cc4)c(=O)c3c2)nc1N. The van der Waals surface area contributed by atoms with Gasteiger partial charge in [-0.05, 0) is 47.5 Å². The standard InChI is InChI=1S/C26H22N4O2S/c27-22-11-12-23(29-25(22)28)19-8-13-24-21(14-19)26(31)30(33-24)20-9-6-18(7-10-20)16-32-15-17-4-2-1-3-5-17/h1-14H,15-16,27H2,(H2,28,29). The summed E-state index contributed by atoms with van der Waals surface area (Å²) in [5.74, 6) is 0.281. The molecule has 0 aliphatic carbocycles. The number of nitrogens with two attached hydrogens (primary N) is 2. The van der Waals surface area contributed by atoms with Gasteiger partial charge in [0.05, 0.1) is 40.4 Å². The molecular weight excluding hydrogens is 432 g/mol. The second-order valence-electron chi connectivity index (χ2n) is 7.72. The predicted octanol–water partition coefficient (Wildman–Crippen LogP) is 5.00. The van der Waals surface area contributed by atoms with Gasteiger partial charge >= 0.3 is 0 Å². The summed E-state index contributed by atoms with van der Waals surface area (Å²) in [6, 6.07) is 27.2. The number of benzene rings is 3. The van der Waals surface area contributed by atoms with Crippen LogP contribution in [-0.2, 0) is 18.0 Å². The van der Waals surface area contributed by atoms with Gasteiger partial charge < -0.3 is 16.2 Å². The molecule has 0 atom stereocenters. The second kappa shape index (κ2) is 8.90. The fraction of sp³-hybridized carbons (Fsp3) is 0.0769. The molecule has 0 aliphatic rings. The van der Waals surface area contributed by atoms with Crippen LogP contribution in [0.1, 0.15) is 11.1 Å². The minimum absolute atomic E-state index is 0.0617. The molecule has 164 valence electrons. The number of hydrogen-bond donors (Lipinski definition) is 2. The molecule has 0 spiro atoms. The molecule has 0 saturated heterocycles.